The van der Waals surface area contributed by atoms with E-state index in [1.165, 1.54) is 19.3 Å². The summed E-state index contributed by atoms with van der Waals surface area (Å²) >= 11 is 0. The fourth-order valence-corrected chi connectivity index (χ4v) is 5.91. The molecule has 57 heavy (non-hydrogen) atoms. The van der Waals surface area contributed by atoms with Crippen molar-refractivity contribution in [2.45, 2.75) is 148 Å². The predicted octanol–water partition coefficient (Wildman–Crippen LogP) is 12.4. The summed E-state index contributed by atoms with van der Waals surface area (Å²) in [6.07, 6.45) is 55.5. The molecule has 2 unspecified atom stereocenters. The highest BCUT2D eigenvalue weighted by Crippen LogP contribution is 2.43. The first-order valence-electron chi connectivity index (χ1n) is 21.4. The van der Waals surface area contributed by atoms with Gasteiger partial charge in [-0.1, -0.05) is 162 Å². The first-order chi connectivity index (χ1) is 27.8. The fraction of sp³-hybridized carbons (Fsp3) is 0.574. The van der Waals surface area contributed by atoms with Crippen LogP contribution >= 0.6 is 7.82 Å². The topological polar surface area (TPSA) is 134 Å². The van der Waals surface area contributed by atoms with E-state index < -0.39 is 32.5 Å². The molecule has 0 aromatic rings. The number of esters is 2. The van der Waals surface area contributed by atoms with Crippen LogP contribution in [0.2, 0.25) is 0 Å². The number of hydrogen-bond donors (Lipinski definition) is 2. The maximum absolute atomic E-state index is 12.5. The molecule has 0 aliphatic heterocycles. The van der Waals surface area contributed by atoms with E-state index >= 15 is 0 Å². The third-order valence-electron chi connectivity index (χ3n) is 8.25. The van der Waals surface area contributed by atoms with Gasteiger partial charge in [-0.25, -0.2) is 4.57 Å². The van der Waals surface area contributed by atoms with Gasteiger partial charge in [-0.15, -0.1) is 0 Å². The van der Waals surface area contributed by atoms with Gasteiger partial charge in [0.25, 0.3) is 0 Å². The van der Waals surface area contributed by atoms with Crippen LogP contribution in [0.15, 0.2) is 109 Å². The Morgan fingerprint density at radius 2 is 1.00 bits per heavy atom. The van der Waals surface area contributed by atoms with Crippen LogP contribution in [0.5, 0.6) is 0 Å². The lowest BCUT2D eigenvalue weighted by Crippen LogP contribution is -2.29. The second kappa shape index (κ2) is 42.3. The summed E-state index contributed by atoms with van der Waals surface area (Å²) in [4.78, 5) is 34.8. The molecule has 0 bridgehead atoms. The molecule has 0 saturated carbocycles. The van der Waals surface area contributed by atoms with Gasteiger partial charge in [-0.2, -0.15) is 0 Å². The molecule has 0 fully saturated rings. The van der Waals surface area contributed by atoms with Crippen LogP contribution in [0, 0.1) is 0 Å². The molecular weight excluding hydrogens is 737 g/mol. The van der Waals surface area contributed by atoms with Gasteiger partial charge < -0.3 is 20.1 Å². The van der Waals surface area contributed by atoms with Crippen LogP contribution in [0.4, 0.5) is 0 Å². The highest BCUT2D eigenvalue weighted by atomic mass is 31.2. The van der Waals surface area contributed by atoms with Crippen LogP contribution < -0.4 is 5.73 Å². The van der Waals surface area contributed by atoms with E-state index in [9.17, 15) is 19.0 Å². The molecule has 0 aromatic carbocycles. The Labute approximate surface area is 346 Å². The number of rotatable bonds is 38. The Balaban J connectivity index is 4.20. The van der Waals surface area contributed by atoms with Crippen molar-refractivity contribution in [1.82, 2.24) is 0 Å². The summed E-state index contributed by atoms with van der Waals surface area (Å²) in [6.45, 7) is 3.38. The van der Waals surface area contributed by atoms with Crippen LogP contribution in [0.3, 0.4) is 0 Å². The van der Waals surface area contributed by atoms with E-state index in [0.717, 1.165) is 83.5 Å². The minimum atomic E-state index is -4.40. The Morgan fingerprint density at radius 1 is 0.544 bits per heavy atom. The van der Waals surface area contributed by atoms with Crippen molar-refractivity contribution < 1.29 is 37.6 Å². The van der Waals surface area contributed by atoms with Gasteiger partial charge in [0.1, 0.15) is 6.61 Å². The lowest BCUT2D eigenvalue weighted by molar-refractivity contribution is -0.161. The van der Waals surface area contributed by atoms with E-state index in [4.69, 9.17) is 24.3 Å². The normalized spacial score (nSPS) is 14.4. The minimum Gasteiger partial charge on any atom is -0.462 e. The molecule has 10 heteroatoms. The summed E-state index contributed by atoms with van der Waals surface area (Å²) in [7, 11) is -4.40. The molecule has 0 aliphatic rings. The fourth-order valence-electron chi connectivity index (χ4n) is 5.14. The molecule has 0 rings (SSSR count). The minimum absolute atomic E-state index is 0.0382. The van der Waals surface area contributed by atoms with Gasteiger partial charge in [-0.05, 0) is 77.0 Å². The molecule has 0 spiro atoms. The molecule has 0 saturated heterocycles. The molecule has 322 valence electrons. The lowest BCUT2D eigenvalue weighted by Gasteiger charge is -2.19. The second-order valence-electron chi connectivity index (χ2n) is 13.5. The third-order valence-corrected chi connectivity index (χ3v) is 9.23. The Hall–Kier alpha value is -3.33. The lowest BCUT2D eigenvalue weighted by atomic mass is 10.1. The third kappa shape index (κ3) is 42.1. The van der Waals surface area contributed by atoms with Gasteiger partial charge >= 0.3 is 19.8 Å². The zero-order valence-corrected chi connectivity index (χ0v) is 36.2. The van der Waals surface area contributed by atoms with E-state index in [0.29, 0.717) is 12.8 Å². The summed E-state index contributed by atoms with van der Waals surface area (Å²) in [5, 5.41) is 0. The summed E-state index contributed by atoms with van der Waals surface area (Å²) in [6, 6.07) is 0. The summed E-state index contributed by atoms with van der Waals surface area (Å²) < 4.78 is 32.7. The molecule has 0 aromatic heterocycles. The van der Waals surface area contributed by atoms with Crippen LogP contribution in [0.1, 0.15) is 142 Å². The first kappa shape index (κ1) is 53.7. The Bertz CT molecular complexity index is 1290. The first-order valence-corrected chi connectivity index (χ1v) is 22.9. The number of nitrogens with two attached hydrogens (primary N) is 1. The summed E-state index contributed by atoms with van der Waals surface area (Å²) in [5.41, 5.74) is 5.34. The molecule has 2 atom stereocenters. The average Bonchev–Trinajstić information content (AvgIpc) is 3.20. The zero-order chi connectivity index (χ0) is 41.8. The van der Waals surface area contributed by atoms with Gasteiger partial charge in [0.2, 0.25) is 0 Å². The van der Waals surface area contributed by atoms with Gasteiger partial charge in [-0.3, -0.25) is 18.6 Å². The van der Waals surface area contributed by atoms with Gasteiger partial charge in [0.05, 0.1) is 13.2 Å². The number of ether oxygens (including phenoxy) is 2. The van der Waals surface area contributed by atoms with E-state index in [1.54, 1.807) is 0 Å². The molecule has 9 nitrogen and oxygen atoms in total. The zero-order valence-electron chi connectivity index (χ0n) is 35.3. The Morgan fingerprint density at radius 3 is 1.58 bits per heavy atom. The highest BCUT2D eigenvalue weighted by Gasteiger charge is 2.25. The van der Waals surface area contributed by atoms with Crippen LogP contribution in [-0.4, -0.2) is 49.3 Å². The molecule has 0 heterocycles. The van der Waals surface area contributed by atoms with Crippen molar-refractivity contribution in [1.29, 1.82) is 0 Å². The molecule has 0 radical (unpaired) electrons. The maximum atomic E-state index is 12.5. The second-order valence-corrected chi connectivity index (χ2v) is 15.0. The van der Waals surface area contributed by atoms with Crippen LogP contribution in [0.25, 0.3) is 0 Å². The smallest absolute Gasteiger partial charge is 0.462 e. The van der Waals surface area contributed by atoms with Gasteiger partial charge in [0, 0.05) is 19.4 Å². The van der Waals surface area contributed by atoms with Crippen molar-refractivity contribution in [2.75, 3.05) is 26.4 Å². The van der Waals surface area contributed by atoms with Crippen molar-refractivity contribution in [3.8, 4) is 0 Å². The quantitative estimate of drug-likeness (QED) is 0.0205. The number of phosphoric acid groups is 1. The standard InChI is InChI=1S/C47H76NO8P/c1-3-5-7-9-11-13-15-17-18-19-20-21-22-23-24-25-26-28-29-31-33-35-37-39-46(49)53-43-45(44-55-57(51,52)54-42-41-48)56-47(50)40-38-36-34-32-30-27-16-14-12-10-8-6-4-2/h5-8,10-14,16-18,20-21,23-24,27,30,45H,3-4,9,15,19,22,25-26,28-29,31-44,48H2,1-2H3,(H,51,52)/b7-5+,8-6+,12-10+,13-11+,16-14+,18-17+,21-20+,24-23+,30-27+. The molecule has 0 aliphatic carbocycles. The van der Waals surface area contributed by atoms with Crippen LogP contribution in [-0.2, 0) is 32.7 Å². The number of phosphoric ester groups is 1. The van der Waals surface area contributed by atoms with Crippen molar-refractivity contribution in [3.05, 3.63) is 109 Å². The van der Waals surface area contributed by atoms with E-state index in [1.807, 2.05) is 36.5 Å². The number of carbonyl (C=O) groups is 2. The van der Waals surface area contributed by atoms with Gasteiger partial charge in [0.15, 0.2) is 6.10 Å². The maximum Gasteiger partial charge on any atom is 0.472 e. The molecular formula is C47H76NO8P. The number of unbranched alkanes of at least 4 members (excludes halogenated alkanes) is 10. The average molecular weight is 814 g/mol. The number of allylic oxidation sites excluding steroid dienone is 18. The monoisotopic (exact) mass is 814 g/mol. The summed E-state index contributed by atoms with van der Waals surface area (Å²) in [5.74, 6) is -0.900. The molecule has 0 amide bonds. The number of carbonyl (C=O) groups excluding carboxylic acids is 2. The SMILES string of the molecule is CC/C=C/C=C/C=C/C=C/CCCCCC(=O)OC(COC(=O)CCCCCCCCC/C=C/C/C=C/C/C=C/C/C=C/C/C=C/CC)COP(=O)(O)OCCN. The van der Waals surface area contributed by atoms with Crippen molar-refractivity contribution in [3.63, 3.8) is 0 Å². The number of hydrogen-bond acceptors (Lipinski definition) is 8. The Kier molecular flexibility index (Phi) is 39.8. The molecule has 3 N–H and O–H groups in total. The largest absolute Gasteiger partial charge is 0.472 e. The van der Waals surface area contributed by atoms with Crippen molar-refractivity contribution >= 4 is 19.8 Å². The van der Waals surface area contributed by atoms with E-state index in [2.05, 4.69) is 86.8 Å². The van der Waals surface area contributed by atoms with E-state index in [-0.39, 0.29) is 32.6 Å². The van der Waals surface area contributed by atoms with Crippen molar-refractivity contribution in [2.24, 2.45) is 5.73 Å². The highest BCUT2D eigenvalue weighted by molar-refractivity contribution is 7.47. The predicted molar refractivity (Wildman–Crippen MR) is 238 cm³/mol.